The number of alkyl halides is 1. The number of unbranched alkanes of at least 4 members (excludes halogenated alkanes) is 3. The highest BCUT2D eigenvalue weighted by Gasteiger charge is 2.10. The van der Waals surface area contributed by atoms with Gasteiger partial charge in [-0.25, -0.2) is 0 Å². The molecule has 0 spiro atoms. The van der Waals surface area contributed by atoms with Crippen LogP contribution in [-0.2, 0) is 4.57 Å². The van der Waals surface area contributed by atoms with Crippen molar-refractivity contribution in [3.8, 4) is 0 Å². The van der Waals surface area contributed by atoms with Gasteiger partial charge in [0, 0.05) is 12.0 Å². The van der Waals surface area contributed by atoms with E-state index in [2.05, 4.69) is 0 Å². The van der Waals surface area contributed by atoms with Crippen LogP contribution in [0.3, 0.4) is 0 Å². The summed E-state index contributed by atoms with van der Waals surface area (Å²) in [6.45, 7) is 0. The molecular weight excluding hydrogens is 186 g/mol. The first-order valence-corrected chi connectivity index (χ1v) is 6.00. The molecule has 0 heterocycles. The van der Waals surface area contributed by atoms with Crippen molar-refractivity contribution in [2.75, 3.05) is 12.0 Å². The minimum atomic E-state index is -3.75. The van der Waals surface area contributed by atoms with Gasteiger partial charge in [0.1, 0.15) is 0 Å². The van der Waals surface area contributed by atoms with E-state index in [1.54, 1.807) is 0 Å². The first-order valence-electron chi connectivity index (χ1n) is 3.67. The molecule has 0 atom stereocenters. The second-order valence-corrected chi connectivity index (χ2v) is 4.65. The Balaban J connectivity index is 3.09. The molecule has 0 aromatic rings. The van der Waals surface area contributed by atoms with Gasteiger partial charge in [-0.2, -0.15) is 0 Å². The summed E-state index contributed by atoms with van der Waals surface area (Å²) in [5, 5.41) is 0. The maximum atomic E-state index is 10.3. The summed E-state index contributed by atoms with van der Waals surface area (Å²) in [5.74, 6) is 0.635. The van der Waals surface area contributed by atoms with Crippen LogP contribution in [0.4, 0.5) is 0 Å². The molecule has 3 nitrogen and oxygen atoms in total. The summed E-state index contributed by atoms with van der Waals surface area (Å²) < 4.78 is 10.3. The van der Waals surface area contributed by atoms with Gasteiger partial charge in [0.15, 0.2) is 0 Å². The maximum Gasteiger partial charge on any atom is 0.325 e. The van der Waals surface area contributed by atoms with Gasteiger partial charge < -0.3 is 9.79 Å². The molecule has 0 saturated carbocycles. The van der Waals surface area contributed by atoms with Gasteiger partial charge in [-0.1, -0.05) is 12.8 Å². The molecule has 0 aromatic carbocycles. The molecule has 0 fully saturated rings. The summed E-state index contributed by atoms with van der Waals surface area (Å²) in [5.41, 5.74) is 0. The molecule has 11 heavy (non-hydrogen) atoms. The lowest BCUT2D eigenvalue weighted by Gasteiger charge is -2.01. The van der Waals surface area contributed by atoms with E-state index < -0.39 is 7.60 Å². The number of halogens is 1. The lowest BCUT2D eigenvalue weighted by Crippen LogP contribution is -1.88. The Morgan fingerprint density at radius 2 is 1.64 bits per heavy atom. The highest BCUT2D eigenvalue weighted by molar-refractivity contribution is 7.51. The van der Waals surface area contributed by atoms with Crippen LogP contribution in [0.15, 0.2) is 0 Å². The van der Waals surface area contributed by atoms with Crippen molar-refractivity contribution in [1.29, 1.82) is 0 Å². The van der Waals surface area contributed by atoms with Gasteiger partial charge in [-0.3, -0.25) is 4.57 Å². The molecule has 0 aromatic heterocycles. The highest BCUT2D eigenvalue weighted by Crippen LogP contribution is 2.35. The third kappa shape index (κ3) is 10.4. The summed E-state index contributed by atoms with van der Waals surface area (Å²) in [7, 11) is -3.75. The van der Waals surface area contributed by atoms with E-state index in [0.717, 1.165) is 19.3 Å². The van der Waals surface area contributed by atoms with E-state index in [0.29, 0.717) is 12.3 Å². The van der Waals surface area contributed by atoms with Crippen LogP contribution in [0.5, 0.6) is 0 Å². The van der Waals surface area contributed by atoms with E-state index in [-0.39, 0.29) is 6.16 Å². The zero-order valence-corrected chi connectivity index (χ0v) is 8.02. The lowest BCUT2D eigenvalue weighted by molar-refractivity contribution is 0.371. The smallest absolute Gasteiger partial charge is 0.324 e. The third-order valence-electron chi connectivity index (χ3n) is 1.33. The second-order valence-electron chi connectivity index (χ2n) is 2.49. The van der Waals surface area contributed by atoms with Gasteiger partial charge in [0.25, 0.3) is 0 Å². The topological polar surface area (TPSA) is 57.5 Å². The van der Waals surface area contributed by atoms with Crippen LogP contribution in [0.2, 0.25) is 0 Å². The fourth-order valence-electron chi connectivity index (χ4n) is 0.766. The summed E-state index contributed by atoms with van der Waals surface area (Å²) in [4.78, 5) is 16.9. The largest absolute Gasteiger partial charge is 0.325 e. The Labute approximate surface area is 71.9 Å². The summed E-state index contributed by atoms with van der Waals surface area (Å²) >= 11 is 5.42. The van der Waals surface area contributed by atoms with Crippen LogP contribution in [0.1, 0.15) is 25.7 Å². The molecule has 5 heteroatoms. The minimum Gasteiger partial charge on any atom is -0.324 e. The van der Waals surface area contributed by atoms with Gasteiger partial charge in [-0.05, 0) is 12.8 Å². The fraction of sp³-hybridized carbons (Fsp3) is 1.00. The van der Waals surface area contributed by atoms with Crippen LogP contribution >= 0.6 is 19.2 Å². The van der Waals surface area contributed by atoms with Gasteiger partial charge in [0.05, 0.1) is 0 Å². The minimum absolute atomic E-state index is 0.00921. The second kappa shape index (κ2) is 6.01. The average Bonchev–Trinajstić information content (AvgIpc) is 1.85. The van der Waals surface area contributed by atoms with Crippen LogP contribution in [0.25, 0.3) is 0 Å². The van der Waals surface area contributed by atoms with Crippen molar-refractivity contribution in [3.05, 3.63) is 0 Å². The number of hydrogen-bond donors (Lipinski definition) is 2. The van der Waals surface area contributed by atoms with Crippen LogP contribution in [-0.4, -0.2) is 21.8 Å². The van der Waals surface area contributed by atoms with Crippen molar-refractivity contribution in [3.63, 3.8) is 0 Å². The van der Waals surface area contributed by atoms with Crippen molar-refractivity contribution in [2.45, 2.75) is 25.7 Å². The van der Waals surface area contributed by atoms with Crippen LogP contribution < -0.4 is 0 Å². The third-order valence-corrected chi connectivity index (χ3v) is 2.50. The molecule has 0 rings (SSSR count). The molecule has 0 aliphatic rings. The fourth-order valence-corrected chi connectivity index (χ4v) is 1.59. The predicted molar refractivity (Wildman–Crippen MR) is 46.1 cm³/mol. The molecule has 0 radical (unpaired) electrons. The Hall–Kier alpha value is 0.440. The van der Waals surface area contributed by atoms with Gasteiger partial charge in [0.2, 0.25) is 0 Å². The Morgan fingerprint density at radius 3 is 2.09 bits per heavy atom. The molecule has 0 aliphatic heterocycles. The van der Waals surface area contributed by atoms with Crippen molar-refractivity contribution in [1.82, 2.24) is 0 Å². The zero-order chi connectivity index (χ0) is 8.74. The molecule has 2 N–H and O–H groups in total. The van der Waals surface area contributed by atoms with Gasteiger partial charge in [-0.15, -0.1) is 11.6 Å². The molecular formula is C6H14ClO3P. The van der Waals surface area contributed by atoms with Crippen molar-refractivity contribution in [2.24, 2.45) is 0 Å². The van der Waals surface area contributed by atoms with E-state index in [9.17, 15) is 4.57 Å². The Bertz CT molecular complexity index is 134. The highest BCUT2D eigenvalue weighted by atomic mass is 35.5. The normalized spacial score (nSPS) is 11.9. The molecule has 0 aliphatic carbocycles. The summed E-state index contributed by atoms with van der Waals surface area (Å²) in [6, 6.07) is 0. The molecule has 68 valence electrons. The van der Waals surface area contributed by atoms with E-state index >= 15 is 0 Å². The standard InChI is InChI=1S/C6H14ClO3P/c7-5-3-1-2-4-6-11(8,9)10/h1-6H2,(H2,8,9,10). The molecule has 0 bridgehead atoms. The lowest BCUT2D eigenvalue weighted by atomic mass is 10.2. The van der Waals surface area contributed by atoms with E-state index in [4.69, 9.17) is 21.4 Å². The summed E-state index contributed by atoms with van der Waals surface area (Å²) in [6.07, 6.45) is 3.36. The Morgan fingerprint density at radius 1 is 1.09 bits per heavy atom. The maximum absolute atomic E-state index is 10.3. The molecule has 0 amide bonds. The predicted octanol–water partition coefficient (Wildman–Crippen LogP) is 1.96. The zero-order valence-electron chi connectivity index (χ0n) is 6.37. The van der Waals surface area contributed by atoms with Crippen molar-refractivity contribution < 1.29 is 14.4 Å². The number of rotatable bonds is 6. The first kappa shape index (κ1) is 11.4. The Kier molecular flexibility index (Phi) is 6.25. The monoisotopic (exact) mass is 200 g/mol. The molecule has 0 saturated heterocycles. The van der Waals surface area contributed by atoms with Crippen LogP contribution in [0, 0.1) is 0 Å². The SMILES string of the molecule is O=P(O)(O)CCCCCCCl. The van der Waals surface area contributed by atoms with Gasteiger partial charge >= 0.3 is 7.60 Å². The molecule has 0 unspecified atom stereocenters. The van der Waals surface area contributed by atoms with E-state index in [1.165, 1.54) is 0 Å². The quantitative estimate of drug-likeness (QED) is 0.392. The van der Waals surface area contributed by atoms with Crippen molar-refractivity contribution >= 4 is 19.2 Å². The van der Waals surface area contributed by atoms with E-state index in [1.807, 2.05) is 0 Å². The first-order chi connectivity index (χ1) is 5.06. The average molecular weight is 201 g/mol. The number of hydrogen-bond acceptors (Lipinski definition) is 1.